The third-order valence-electron chi connectivity index (χ3n) is 1.79. The van der Waals surface area contributed by atoms with Gasteiger partial charge in [-0.05, 0) is 38.1 Å². The largest absolute Gasteiger partial charge is 3.00 e. The van der Waals surface area contributed by atoms with Gasteiger partial charge in [-0.1, -0.05) is 20.8 Å². The number of hydrogen-bond donors (Lipinski definition) is 0. The number of rotatable bonds is 6. The van der Waals surface area contributed by atoms with Crippen LogP contribution in [0.2, 0.25) is 0 Å². The molecule has 0 aromatic carbocycles. The maximum absolute atomic E-state index is 10.0. The van der Waals surface area contributed by atoms with Gasteiger partial charge < -0.3 is 29.5 Å². The zero-order valence-corrected chi connectivity index (χ0v) is 14.0. The van der Waals surface area contributed by atoms with Gasteiger partial charge in [-0.3, -0.25) is 0 Å². The van der Waals surface area contributed by atoms with Crippen molar-refractivity contribution in [3.8, 4) is 0 Å². The van der Waals surface area contributed by atoms with Crippen LogP contribution in [-0.2, 0) is 14.2 Å². The van der Waals surface area contributed by atoms with Crippen molar-refractivity contribution >= 4 is 17.4 Å². The third-order valence-corrected chi connectivity index (χ3v) is 1.79. The Morgan fingerprint density at radius 1 is 0.632 bits per heavy atom. The van der Waals surface area contributed by atoms with Crippen LogP contribution in [0.15, 0.2) is 0 Å². The van der Waals surface area contributed by atoms with Crippen LogP contribution in [0, 0.1) is 0 Å². The van der Waals surface area contributed by atoms with Crippen molar-refractivity contribution in [2.24, 2.45) is 0 Å². The molecule has 0 bridgehead atoms. The van der Waals surface area contributed by atoms with Crippen molar-refractivity contribution in [3.63, 3.8) is 0 Å². The van der Waals surface area contributed by atoms with E-state index in [1.165, 1.54) is 21.3 Å². The third kappa shape index (κ3) is 32.1. The van der Waals surface area contributed by atoms with Gasteiger partial charge in [0.05, 0.1) is 0 Å². The van der Waals surface area contributed by atoms with E-state index in [4.69, 9.17) is 0 Å². The van der Waals surface area contributed by atoms with Crippen molar-refractivity contribution in [3.05, 3.63) is 0 Å². The molecule has 0 aromatic rings. The summed E-state index contributed by atoms with van der Waals surface area (Å²) in [6.07, 6.45) is -0.788. The van der Waals surface area contributed by atoms with E-state index in [2.05, 4.69) is 14.2 Å². The fraction of sp³-hybridized carbons (Fsp3) is 1.00. The Bertz CT molecular complexity index is 104. The molecule has 0 saturated heterocycles. The maximum atomic E-state index is 10.0. The molecule has 0 rings (SSSR count). The summed E-state index contributed by atoms with van der Waals surface area (Å²) in [6.45, 7) is 5.38. The molecule has 0 saturated carbocycles. The molecule has 19 heavy (non-hydrogen) atoms. The van der Waals surface area contributed by atoms with E-state index < -0.39 is 18.9 Å². The first-order valence-corrected chi connectivity index (χ1v) is 5.99. The topological polar surface area (TPSA) is 96.9 Å². The Morgan fingerprint density at radius 2 is 0.789 bits per heavy atom. The van der Waals surface area contributed by atoms with Gasteiger partial charge in [-0.25, -0.2) is 0 Å². The van der Waals surface area contributed by atoms with Crippen LogP contribution in [0.5, 0.6) is 0 Å². The molecule has 3 unspecified atom stereocenters. The smallest absolute Gasteiger partial charge is 0.831 e. The van der Waals surface area contributed by atoms with E-state index in [9.17, 15) is 15.3 Å². The second-order valence-electron chi connectivity index (χ2n) is 3.22. The van der Waals surface area contributed by atoms with Gasteiger partial charge in [-0.15, -0.1) is 0 Å². The maximum Gasteiger partial charge on any atom is 3.00 e. The van der Waals surface area contributed by atoms with Crippen molar-refractivity contribution in [1.29, 1.82) is 0 Å². The quantitative estimate of drug-likeness (QED) is 0.451. The summed E-state index contributed by atoms with van der Waals surface area (Å²) in [5.41, 5.74) is 0. The number of hydrogen-bond acceptors (Lipinski definition) is 6. The average Bonchev–Trinajstić information content (AvgIpc) is 2.45. The van der Waals surface area contributed by atoms with E-state index >= 15 is 0 Å². The van der Waals surface area contributed by atoms with Gasteiger partial charge in [-0.2, -0.15) is 0 Å². The fourth-order valence-corrected chi connectivity index (χ4v) is 0.500. The Labute approximate surface area is 127 Å². The molecule has 0 aromatic heterocycles. The predicted molar refractivity (Wildman–Crippen MR) is 69.0 cm³/mol. The van der Waals surface area contributed by atoms with Crippen molar-refractivity contribution in [1.82, 2.24) is 0 Å². The Balaban J connectivity index is -0.0000000865. The number of methoxy groups -OCH3 is 3. The van der Waals surface area contributed by atoms with Crippen LogP contribution in [0.1, 0.15) is 40.0 Å². The molecule has 114 valence electrons. The molecule has 0 aliphatic rings. The SMILES string of the molecule is CCC([O-])OC.CCC([O-])OC.CCC([O-])OC.[Al+3]. The molecule has 0 aliphatic heterocycles. The van der Waals surface area contributed by atoms with Gasteiger partial charge in [0, 0.05) is 21.3 Å². The molecule has 0 radical (unpaired) electrons. The first-order chi connectivity index (χ1) is 8.42. The molecule has 0 aliphatic carbocycles. The monoisotopic (exact) mass is 294 g/mol. The summed E-state index contributed by atoms with van der Waals surface area (Å²) in [5, 5.41) is 30.1. The van der Waals surface area contributed by atoms with Gasteiger partial charge in [0.2, 0.25) is 0 Å². The van der Waals surface area contributed by atoms with Crippen LogP contribution in [0.3, 0.4) is 0 Å². The summed E-state index contributed by atoms with van der Waals surface area (Å²) in [5.74, 6) is 0. The van der Waals surface area contributed by atoms with Crippen LogP contribution in [0.4, 0.5) is 0 Å². The molecular weight excluding hydrogens is 267 g/mol. The average molecular weight is 294 g/mol. The Hall–Kier alpha value is 0.292. The molecule has 0 N–H and O–H groups in total. The second-order valence-corrected chi connectivity index (χ2v) is 3.22. The van der Waals surface area contributed by atoms with Crippen molar-refractivity contribution in [2.45, 2.75) is 58.9 Å². The standard InChI is InChI=1S/3C4H9O2.Al/c3*1-3-4(5)6-2;/h3*4H,3H2,1-2H3;/q3*-1;+3. The van der Waals surface area contributed by atoms with E-state index in [1.807, 2.05) is 0 Å². The summed E-state index contributed by atoms with van der Waals surface area (Å²) in [6, 6.07) is 0. The van der Waals surface area contributed by atoms with Gasteiger partial charge >= 0.3 is 17.4 Å². The Morgan fingerprint density at radius 3 is 0.789 bits per heavy atom. The minimum Gasteiger partial charge on any atom is -0.831 e. The van der Waals surface area contributed by atoms with E-state index in [0.29, 0.717) is 19.3 Å². The van der Waals surface area contributed by atoms with Crippen LogP contribution < -0.4 is 15.3 Å². The minimum absolute atomic E-state index is 0. The molecule has 0 amide bonds. The van der Waals surface area contributed by atoms with E-state index in [1.54, 1.807) is 20.8 Å². The molecule has 6 nitrogen and oxygen atoms in total. The summed E-state index contributed by atoms with van der Waals surface area (Å²) in [7, 11) is 4.25. The number of ether oxygens (including phenoxy) is 3. The van der Waals surface area contributed by atoms with Crippen LogP contribution >= 0.6 is 0 Å². The predicted octanol–water partition coefficient (Wildman–Crippen LogP) is -1.19. The molecule has 7 heteroatoms. The van der Waals surface area contributed by atoms with Crippen molar-refractivity contribution in [2.75, 3.05) is 21.3 Å². The summed E-state index contributed by atoms with van der Waals surface area (Å²) >= 11 is 0. The van der Waals surface area contributed by atoms with Crippen LogP contribution in [0.25, 0.3) is 0 Å². The minimum atomic E-state index is -0.815. The van der Waals surface area contributed by atoms with E-state index in [-0.39, 0.29) is 17.4 Å². The molecule has 3 atom stereocenters. The fourth-order valence-electron chi connectivity index (χ4n) is 0.500. The first-order valence-electron chi connectivity index (χ1n) is 5.99. The Kier molecular flexibility index (Phi) is 34.0. The summed E-state index contributed by atoms with van der Waals surface area (Å²) < 4.78 is 13.0. The van der Waals surface area contributed by atoms with Crippen LogP contribution in [-0.4, -0.2) is 57.6 Å². The normalized spacial score (nSPS) is 13.7. The molecule has 0 heterocycles. The zero-order chi connectivity index (χ0) is 15.0. The molecule has 0 spiro atoms. The van der Waals surface area contributed by atoms with Crippen molar-refractivity contribution < 1.29 is 29.5 Å². The first kappa shape index (κ1) is 27.6. The summed E-state index contributed by atoms with van der Waals surface area (Å²) in [4.78, 5) is 0. The van der Waals surface area contributed by atoms with Gasteiger partial charge in [0.1, 0.15) is 0 Å². The zero-order valence-electron chi connectivity index (χ0n) is 12.9. The van der Waals surface area contributed by atoms with E-state index in [0.717, 1.165) is 0 Å². The second kappa shape index (κ2) is 23.4. The van der Waals surface area contributed by atoms with Gasteiger partial charge in [0.15, 0.2) is 0 Å². The molecular formula is C12H27AlO6. The van der Waals surface area contributed by atoms with Gasteiger partial charge in [0.25, 0.3) is 0 Å². The molecule has 0 fully saturated rings.